The van der Waals surface area contributed by atoms with Gasteiger partial charge in [-0.25, -0.2) is 0 Å². The normalized spacial score (nSPS) is 15.3. The number of allylic oxidation sites excluding steroid dienone is 5. The molecule has 0 fully saturated rings. The van der Waals surface area contributed by atoms with E-state index in [9.17, 15) is 0 Å². The lowest BCUT2D eigenvalue weighted by Crippen LogP contribution is -2.14. The number of fused-ring (bicyclic) bond motifs is 10. The van der Waals surface area contributed by atoms with Crippen molar-refractivity contribution in [1.29, 1.82) is 0 Å². The SMILES string of the molecule is C1=CC2C=Cc3c(-c4ccc(N(c5ccc(-c6ccc7c(ccc8ccccc87)c6)cc5)c5ccccc5-c5cccc6c5oc5cc7ccccc7cc56)cc4)cccc3C2C=C1. The Labute approximate surface area is 372 Å². The Morgan fingerprint density at radius 1 is 0.391 bits per heavy atom. The minimum atomic E-state index is 0.365. The molecule has 10 aromatic carbocycles. The maximum atomic E-state index is 6.82. The van der Waals surface area contributed by atoms with Crippen molar-refractivity contribution < 1.29 is 4.42 Å². The number of furan rings is 1. The Balaban J connectivity index is 0.943. The zero-order valence-electron chi connectivity index (χ0n) is 35.0. The van der Waals surface area contributed by atoms with Gasteiger partial charge in [-0.15, -0.1) is 0 Å². The molecular formula is C62H41NO. The quantitative estimate of drug-likeness (QED) is 0.155. The summed E-state index contributed by atoms with van der Waals surface area (Å²) >= 11 is 0. The van der Waals surface area contributed by atoms with Gasteiger partial charge in [0.2, 0.25) is 0 Å². The van der Waals surface area contributed by atoms with E-state index in [1.165, 1.54) is 65.7 Å². The summed E-state index contributed by atoms with van der Waals surface area (Å²) in [6, 6.07) is 73.1. The van der Waals surface area contributed by atoms with Gasteiger partial charge in [-0.3, -0.25) is 0 Å². The highest BCUT2D eigenvalue weighted by Gasteiger charge is 2.26. The summed E-state index contributed by atoms with van der Waals surface area (Å²) in [4.78, 5) is 2.40. The molecule has 2 aliphatic carbocycles. The van der Waals surface area contributed by atoms with E-state index in [1.54, 1.807) is 0 Å². The van der Waals surface area contributed by atoms with Gasteiger partial charge < -0.3 is 9.32 Å². The van der Waals surface area contributed by atoms with Gasteiger partial charge in [-0.2, -0.15) is 0 Å². The van der Waals surface area contributed by atoms with Gasteiger partial charge >= 0.3 is 0 Å². The number of hydrogen-bond acceptors (Lipinski definition) is 2. The van der Waals surface area contributed by atoms with Crippen LogP contribution in [0.1, 0.15) is 17.0 Å². The Morgan fingerprint density at radius 2 is 1.03 bits per heavy atom. The molecule has 0 radical (unpaired) electrons. The zero-order valence-corrected chi connectivity index (χ0v) is 35.0. The predicted octanol–water partition coefficient (Wildman–Crippen LogP) is 17.4. The van der Waals surface area contributed by atoms with E-state index in [0.29, 0.717) is 11.8 Å². The Hall–Kier alpha value is -8.20. The summed E-state index contributed by atoms with van der Waals surface area (Å²) in [5.74, 6) is 0.769. The summed E-state index contributed by atoms with van der Waals surface area (Å²) in [5, 5.41) is 9.68. The van der Waals surface area contributed by atoms with Gasteiger partial charge in [0, 0.05) is 45.1 Å². The molecular weight excluding hydrogens is 775 g/mol. The van der Waals surface area contributed by atoms with E-state index >= 15 is 0 Å². The van der Waals surface area contributed by atoms with E-state index in [-0.39, 0.29) is 0 Å². The Morgan fingerprint density at radius 3 is 1.89 bits per heavy atom. The average molecular weight is 816 g/mol. The van der Waals surface area contributed by atoms with Crippen LogP contribution in [0.5, 0.6) is 0 Å². The summed E-state index contributed by atoms with van der Waals surface area (Å²) < 4.78 is 6.82. The Bertz CT molecular complexity index is 3730. The number of hydrogen-bond donors (Lipinski definition) is 0. The van der Waals surface area contributed by atoms with Crippen molar-refractivity contribution in [2.45, 2.75) is 5.92 Å². The highest BCUT2D eigenvalue weighted by atomic mass is 16.3. The molecule has 2 aliphatic rings. The Kier molecular flexibility index (Phi) is 8.39. The molecule has 2 heteroatoms. The molecule has 2 unspecified atom stereocenters. The van der Waals surface area contributed by atoms with Gasteiger partial charge in [0.15, 0.2) is 0 Å². The van der Waals surface area contributed by atoms with E-state index in [1.807, 2.05) is 0 Å². The third-order valence-corrected chi connectivity index (χ3v) is 13.6. The maximum absolute atomic E-state index is 6.82. The van der Waals surface area contributed by atoms with Crippen molar-refractivity contribution in [3.8, 4) is 33.4 Å². The summed E-state index contributed by atoms with van der Waals surface area (Å²) in [6.45, 7) is 0. The van der Waals surface area contributed by atoms with Crippen molar-refractivity contribution in [3.05, 3.63) is 242 Å². The lowest BCUT2D eigenvalue weighted by molar-refractivity contribution is 0.670. The highest BCUT2D eigenvalue weighted by molar-refractivity contribution is 6.14. The first-order valence-electron chi connectivity index (χ1n) is 22.2. The fourth-order valence-electron chi connectivity index (χ4n) is 10.4. The van der Waals surface area contributed by atoms with Crippen molar-refractivity contribution in [1.82, 2.24) is 0 Å². The van der Waals surface area contributed by atoms with Crippen LogP contribution in [-0.2, 0) is 0 Å². The summed E-state index contributed by atoms with van der Waals surface area (Å²) in [7, 11) is 0. The second-order valence-corrected chi connectivity index (χ2v) is 17.2. The first kappa shape index (κ1) is 36.5. The van der Waals surface area contributed by atoms with Gasteiger partial charge in [0.1, 0.15) is 11.2 Å². The number of benzene rings is 10. The van der Waals surface area contributed by atoms with E-state index in [4.69, 9.17) is 4.42 Å². The van der Waals surface area contributed by atoms with Crippen LogP contribution in [-0.4, -0.2) is 0 Å². The zero-order chi connectivity index (χ0) is 42.1. The van der Waals surface area contributed by atoms with Gasteiger partial charge in [-0.05, 0) is 114 Å². The topological polar surface area (TPSA) is 16.4 Å². The first-order chi connectivity index (χ1) is 31.7. The fraction of sp³-hybridized carbons (Fsp3) is 0.0323. The molecule has 2 nitrogen and oxygen atoms in total. The van der Waals surface area contributed by atoms with Crippen LogP contribution in [0.15, 0.2) is 235 Å². The van der Waals surface area contributed by atoms with E-state index in [2.05, 4.69) is 242 Å². The fourth-order valence-corrected chi connectivity index (χ4v) is 10.4. The maximum Gasteiger partial charge on any atom is 0.143 e. The monoisotopic (exact) mass is 815 g/mol. The van der Waals surface area contributed by atoms with Crippen molar-refractivity contribution in [3.63, 3.8) is 0 Å². The van der Waals surface area contributed by atoms with E-state index in [0.717, 1.165) is 50.1 Å². The third-order valence-electron chi connectivity index (χ3n) is 13.6. The minimum absolute atomic E-state index is 0.365. The van der Waals surface area contributed by atoms with Crippen LogP contribution in [0, 0.1) is 5.92 Å². The molecule has 1 aromatic heterocycles. The van der Waals surface area contributed by atoms with Crippen LogP contribution in [0.3, 0.4) is 0 Å². The highest BCUT2D eigenvalue weighted by Crippen LogP contribution is 2.46. The molecule has 64 heavy (non-hydrogen) atoms. The first-order valence-corrected chi connectivity index (χ1v) is 22.2. The van der Waals surface area contributed by atoms with Crippen LogP contribution in [0.25, 0.3) is 93.7 Å². The van der Waals surface area contributed by atoms with Crippen molar-refractivity contribution in [2.24, 2.45) is 5.92 Å². The van der Waals surface area contributed by atoms with Gasteiger partial charge in [0.05, 0.1) is 5.69 Å². The predicted molar refractivity (Wildman–Crippen MR) is 271 cm³/mol. The molecule has 11 aromatic rings. The van der Waals surface area contributed by atoms with Crippen molar-refractivity contribution >= 4 is 77.4 Å². The second kappa shape index (κ2) is 14.7. The lowest BCUT2D eigenvalue weighted by Gasteiger charge is -2.29. The van der Waals surface area contributed by atoms with Crippen LogP contribution >= 0.6 is 0 Å². The number of rotatable bonds is 6. The summed E-state index contributed by atoms with van der Waals surface area (Å²) in [6.07, 6.45) is 13.7. The summed E-state index contributed by atoms with van der Waals surface area (Å²) in [5.41, 5.74) is 14.7. The van der Waals surface area contributed by atoms with Crippen molar-refractivity contribution in [2.75, 3.05) is 4.90 Å². The molecule has 1 heterocycles. The minimum Gasteiger partial charge on any atom is -0.455 e. The van der Waals surface area contributed by atoms with Crippen LogP contribution in [0.2, 0.25) is 0 Å². The lowest BCUT2D eigenvalue weighted by atomic mass is 9.75. The van der Waals surface area contributed by atoms with Gasteiger partial charge in [0.25, 0.3) is 0 Å². The molecule has 0 aliphatic heterocycles. The molecule has 0 saturated heterocycles. The smallest absolute Gasteiger partial charge is 0.143 e. The molecule has 0 saturated carbocycles. The average Bonchev–Trinajstić information content (AvgIpc) is 3.73. The molecule has 0 bridgehead atoms. The van der Waals surface area contributed by atoms with E-state index < -0.39 is 0 Å². The van der Waals surface area contributed by atoms with Crippen LogP contribution < -0.4 is 4.90 Å². The standard InChI is InChI=1S/C62H41NO/c1-2-14-45-39-61-59(38-44(45)13-1)58-21-10-20-57(62(58)64-61)56-17-7-8-22-60(56)63(48-31-25-40(26-32-48)46-30-35-53-47(37-46)24-23-41-11-3-5-15-50(41)53)49-33-27-43(28-34-49)52-18-9-19-54-51-16-6-4-12-42(51)29-36-55(52)54/h1-39,42,51H. The molecule has 0 spiro atoms. The number of para-hydroxylation sites is 2. The number of anilines is 3. The molecule has 2 atom stereocenters. The molecule has 300 valence electrons. The number of nitrogens with zero attached hydrogens (tertiary/aromatic N) is 1. The molecule has 0 amide bonds. The third kappa shape index (κ3) is 5.95. The van der Waals surface area contributed by atoms with Crippen LogP contribution in [0.4, 0.5) is 17.1 Å². The molecule has 0 N–H and O–H groups in total. The molecule has 13 rings (SSSR count). The van der Waals surface area contributed by atoms with Gasteiger partial charge in [-0.1, -0.05) is 188 Å². The largest absolute Gasteiger partial charge is 0.455 e. The second-order valence-electron chi connectivity index (χ2n) is 17.2.